The van der Waals surface area contributed by atoms with Crippen LogP contribution in [0, 0.1) is 13.8 Å². The summed E-state index contributed by atoms with van der Waals surface area (Å²) in [6, 6.07) is 11.4. The van der Waals surface area contributed by atoms with Crippen LogP contribution in [0.5, 0.6) is 5.75 Å². The lowest BCUT2D eigenvalue weighted by Gasteiger charge is -2.12. The van der Waals surface area contributed by atoms with Gasteiger partial charge in [-0.3, -0.25) is 4.79 Å². The zero-order chi connectivity index (χ0) is 20.1. The van der Waals surface area contributed by atoms with Crippen molar-refractivity contribution in [3.05, 3.63) is 76.1 Å². The number of amides is 1. The minimum absolute atomic E-state index is 0.262. The fourth-order valence-electron chi connectivity index (χ4n) is 2.82. The van der Waals surface area contributed by atoms with Crippen LogP contribution in [0.4, 0.5) is 11.6 Å². The van der Waals surface area contributed by atoms with Crippen molar-refractivity contribution < 1.29 is 9.53 Å². The Bertz CT molecular complexity index is 967. The van der Waals surface area contributed by atoms with Gasteiger partial charge in [-0.1, -0.05) is 35.9 Å². The SMILES string of the molecule is COc1ccccc1CNC(=O)c1cnc(Nc2c(C)cc(C)cc2Cl)nc1. The molecular formula is C21H21ClN4O2. The molecule has 1 amide bonds. The largest absolute Gasteiger partial charge is 0.496 e. The number of carbonyl (C=O) groups excluding carboxylic acids is 1. The summed E-state index contributed by atoms with van der Waals surface area (Å²) in [6.45, 7) is 4.29. The third kappa shape index (κ3) is 4.58. The monoisotopic (exact) mass is 396 g/mol. The van der Waals surface area contributed by atoms with E-state index in [0.29, 0.717) is 23.1 Å². The molecule has 0 aliphatic rings. The molecule has 0 atom stereocenters. The molecule has 0 saturated heterocycles. The van der Waals surface area contributed by atoms with Crippen LogP contribution in [-0.4, -0.2) is 23.0 Å². The number of carbonyl (C=O) groups is 1. The lowest BCUT2D eigenvalue weighted by Crippen LogP contribution is -2.23. The number of ether oxygens (including phenoxy) is 1. The maximum absolute atomic E-state index is 12.4. The molecule has 1 aromatic heterocycles. The molecule has 3 aromatic rings. The summed E-state index contributed by atoms with van der Waals surface area (Å²) in [5.41, 5.74) is 4.08. The van der Waals surface area contributed by atoms with Gasteiger partial charge in [-0.05, 0) is 37.1 Å². The predicted molar refractivity (Wildman–Crippen MR) is 110 cm³/mol. The fraction of sp³-hybridized carbons (Fsp3) is 0.190. The highest BCUT2D eigenvalue weighted by atomic mass is 35.5. The zero-order valence-electron chi connectivity index (χ0n) is 15.9. The highest BCUT2D eigenvalue weighted by Gasteiger charge is 2.11. The standard InChI is InChI=1S/C21H21ClN4O2/c1-13-8-14(2)19(17(22)9-13)26-21-24-11-16(12-25-21)20(27)23-10-15-6-4-5-7-18(15)28-3/h4-9,11-12H,10H2,1-3H3,(H,23,27)(H,24,25,26). The van der Waals surface area contributed by atoms with E-state index >= 15 is 0 Å². The number of para-hydroxylation sites is 1. The van der Waals surface area contributed by atoms with Crippen molar-refractivity contribution in [1.29, 1.82) is 0 Å². The van der Waals surface area contributed by atoms with Gasteiger partial charge in [0.1, 0.15) is 5.75 Å². The highest BCUT2D eigenvalue weighted by molar-refractivity contribution is 6.33. The van der Waals surface area contributed by atoms with Crippen LogP contribution in [0.25, 0.3) is 0 Å². The first-order valence-corrected chi connectivity index (χ1v) is 9.11. The second-order valence-corrected chi connectivity index (χ2v) is 6.76. The molecule has 144 valence electrons. The average Bonchev–Trinajstić information content (AvgIpc) is 2.69. The third-order valence-corrected chi connectivity index (χ3v) is 4.51. The molecule has 6 nitrogen and oxygen atoms in total. The van der Waals surface area contributed by atoms with Crippen molar-refractivity contribution in [2.45, 2.75) is 20.4 Å². The minimum atomic E-state index is -0.262. The van der Waals surface area contributed by atoms with Crippen LogP contribution in [0.1, 0.15) is 27.0 Å². The van der Waals surface area contributed by atoms with Crippen LogP contribution in [-0.2, 0) is 6.54 Å². The molecule has 0 radical (unpaired) electrons. The lowest BCUT2D eigenvalue weighted by molar-refractivity contribution is 0.0950. The fourth-order valence-corrected chi connectivity index (χ4v) is 3.19. The molecule has 1 heterocycles. The minimum Gasteiger partial charge on any atom is -0.496 e. The quantitative estimate of drug-likeness (QED) is 0.644. The number of aromatic nitrogens is 2. The zero-order valence-corrected chi connectivity index (χ0v) is 16.7. The summed E-state index contributed by atoms with van der Waals surface area (Å²) in [7, 11) is 1.60. The van der Waals surface area contributed by atoms with Gasteiger partial charge in [0.05, 0.1) is 23.4 Å². The maximum Gasteiger partial charge on any atom is 0.254 e. The Morgan fingerprint density at radius 1 is 1.14 bits per heavy atom. The Labute approximate surface area is 168 Å². The number of rotatable bonds is 6. The summed E-state index contributed by atoms with van der Waals surface area (Å²) in [4.78, 5) is 20.8. The second-order valence-electron chi connectivity index (χ2n) is 6.35. The van der Waals surface area contributed by atoms with Gasteiger partial charge >= 0.3 is 0 Å². The van der Waals surface area contributed by atoms with E-state index in [-0.39, 0.29) is 5.91 Å². The predicted octanol–water partition coefficient (Wildman–Crippen LogP) is 4.43. The number of halogens is 1. The third-order valence-electron chi connectivity index (χ3n) is 4.21. The Morgan fingerprint density at radius 2 is 1.86 bits per heavy atom. The number of anilines is 2. The van der Waals surface area contributed by atoms with Crippen LogP contribution < -0.4 is 15.4 Å². The Morgan fingerprint density at radius 3 is 2.54 bits per heavy atom. The molecule has 0 bridgehead atoms. The number of nitrogens with one attached hydrogen (secondary N) is 2. The summed E-state index contributed by atoms with van der Waals surface area (Å²) in [6.07, 6.45) is 2.95. The van der Waals surface area contributed by atoms with Gasteiger partial charge in [-0.25, -0.2) is 9.97 Å². The van der Waals surface area contributed by atoms with Crippen LogP contribution >= 0.6 is 11.6 Å². The van der Waals surface area contributed by atoms with E-state index in [1.54, 1.807) is 7.11 Å². The van der Waals surface area contributed by atoms with Gasteiger partial charge in [0.2, 0.25) is 5.95 Å². The lowest BCUT2D eigenvalue weighted by atomic mass is 10.1. The number of aryl methyl sites for hydroxylation is 2. The molecular weight excluding hydrogens is 376 g/mol. The molecule has 0 saturated carbocycles. The molecule has 28 heavy (non-hydrogen) atoms. The topological polar surface area (TPSA) is 76.1 Å². The summed E-state index contributed by atoms with van der Waals surface area (Å²) >= 11 is 6.30. The number of nitrogens with zero attached hydrogens (tertiary/aromatic N) is 2. The van der Waals surface area contributed by atoms with Crippen molar-refractivity contribution in [1.82, 2.24) is 15.3 Å². The first kappa shape index (κ1) is 19.6. The molecule has 0 unspecified atom stereocenters. The van der Waals surface area contributed by atoms with E-state index in [9.17, 15) is 4.79 Å². The Balaban J connectivity index is 1.66. The molecule has 7 heteroatoms. The van der Waals surface area contributed by atoms with Gasteiger partial charge in [0.15, 0.2) is 0 Å². The van der Waals surface area contributed by atoms with E-state index in [4.69, 9.17) is 16.3 Å². The Hall–Kier alpha value is -3.12. The van der Waals surface area contributed by atoms with Gasteiger partial charge in [-0.2, -0.15) is 0 Å². The van der Waals surface area contributed by atoms with E-state index in [1.807, 2.05) is 50.2 Å². The summed E-state index contributed by atoms with van der Waals surface area (Å²) < 4.78 is 5.29. The van der Waals surface area contributed by atoms with Crippen molar-refractivity contribution in [3.63, 3.8) is 0 Å². The normalized spacial score (nSPS) is 10.4. The molecule has 3 rings (SSSR count). The summed E-state index contributed by atoms with van der Waals surface area (Å²) in [5.74, 6) is 0.834. The molecule has 2 aromatic carbocycles. The first-order chi connectivity index (χ1) is 13.5. The smallest absolute Gasteiger partial charge is 0.254 e. The first-order valence-electron chi connectivity index (χ1n) is 8.74. The number of hydrogen-bond acceptors (Lipinski definition) is 5. The molecule has 0 spiro atoms. The van der Waals surface area contributed by atoms with Gasteiger partial charge in [0, 0.05) is 24.5 Å². The van der Waals surface area contributed by atoms with Crippen LogP contribution in [0.2, 0.25) is 5.02 Å². The van der Waals surface area contributed by atoms with Crippen LogP contribution in [0.3, 0.4) is 0 Å². The molecule has 0 aliphatic carbocycles. The average molecular weight is 397 g/mol. The Kier molecular flexibility index (Phi) is 6.11. The van der Waals surface area contributed by atoms with Gasteiger partial charge < -0.3 is 15.4 Å². The van der Waals surface area contributed by atoms with E-state index in [0.717, 1.165) is 28.1 Å². The van der Waals surface area contributed by atoms with Crippen molar-refractivity contribution >= 4 is 29.1 Å². The maximum atomic E-state index is 12.4. The number of hydrogen-bond donors (Lipinski definition) is 2. The molecule has 0 fully saturated rings. The van der Waals surface area contributed by atoms with Crippen molar-refractivity contribution in [2.24, 2.45) is 0 Å². The second kappa shape index (κ2) is 8.71. The van der Waals surface area contributed by atoms with E-state index in [2.05, 4.69) is 20.6 Å². The van der Waals surface area contributed by atoms with Gasteiger partial charge in [0.25, 0.3) is 5.91 Å². The number of methoxy groups -OCH3 is 1. The van der Waals surface area contributed by atoms with Crippen molar-refractivity contribution in [2.75, 3.05) is 12.4 Å². The summed E-state index contributed by atoms with van der Waals surface area (Å²) in [5, 5.41) is 6.54. The van der Waals surface area contributed by atoms with E-state index < -0.39 is 0 Å². The van der Waals surface area contributed by atoms with Gasteiger partial charge in [-0.15, -0.1) is 0 Å². The highest BCUT2D eigenvalue weighted by Crippen LogP contribution is 2.29. The van der Waals surface area contributed by atoms with Crippen molar-refractivity contribution in [3.8, 4) is 5.75 Å². The molecule has 0 aliphatic heterocycles. The van der Waals surface area contributed by atoms with E-state index in [1.165, 1.54) is 12.4 Å². The van der Waals surface area contributed by atoms with Crippen LogP contribution in [0.15, 0.2) is 48.8 Å². The molecule has 2 N–H and O–H groups in total. The number of benzene rings is 2.